The Morgan fingerprint density at radius 2 is 2.21 bits per heavy atom. The molecule has 1 unspecified atom stereocenters. The fourth-order valence-corrected chi connectivity index (χ4v) is 2.47. The van der Waals surface area contributed by atoms with Gasteiger partial charge in [0.25, 0.3) is 5.91 Å². The van der Waals surface area contributed by atoms with Gasteiger partial charge in [-0.25, -0.2) is 4.68 Å². The van der Waals surface area contributed by atoms with Crippen LogP contribution in [0.1, 0.15) is 32.5 Å². The van der Waals surface area contributed by atoms with Crippen LogP contribution in [-0.2, 0) is 10.4 Å². The zero-order valence-corrected chi connectivity index (χ0v) is 14.0. The number of carbonyl (C=O) groups is 1. The molecule has 1 atom stereocenters. The van der Waals surface area contributed by atoms with Gasteiger partial charge in [0.1, 0.15) is 17.0 Å². The Morgan fingerprint density at radius 1 is 1.46 bits per heavy atom. The largest absolute Gasteiger partial charge is 0.479 e. The summed E-state index contributed by atoms with van der Waals surface area (Å²) >= 11 is 0. The van der Waals surface area contributed by atoms with E-state index in [2.05, 4.69) is 15.3 Å². The van der Waals surface area contributed by atoms with Gasteiger partial charge in [-0.05, 0) is 32.9 Å². The first-order valence-corrected chi connectivity index (χ1v) is 7.85. The molecule has 0 bridgehead atoms. The lowest BCUT2D eigenvalue weighted by molar-refractivity contribution is -0.144. The molecule has 0 aliphatic carbocycles. The first kappa shape index (κ1) is 16.4. The molecule has 0 spiro atoms. The monoisotopic (exact) mass is 331 g/mol. The average molecular weight is 331 g/mol. The highest BCUT2D eigenvalue weighted by atomic mass is 16.5. The van der Waals surface area contributed by atoms with Crippen molar-refractivity contribution in [1.29, 1.82) is 0 Å². The summed E-state index contributed by atoms with van der Waals surface area (Å²) in [4.78, 5) is 18.0. The maximum absolute atomic E-state index is 12.4. The second kappa shape index (κ2) is 6.20. The summed E-state index contributed by atoms with van der Waals surface area (Å²) in [6, 6.07) is 3.60. The molecule has 1 aliphatic rings. The highest BCUT2D eigenvalue weighted by Crippen LogP contribution is 2.24. The van der Waals surface area contributed by atoms with Crippen molar-refractivity contribution >= 4 is 5.91 Å². The number of amides is 1. The highest BCUT2D eigenvalue weighted by Gasteiger charge is 2.36. The number of nitrogens with zero attached hydrogens (tertiary/aromatic N) is 5. The van der Waals surface area contributed by atoms with Crippen LogP contribution in [0.2, 0.25) is 0 Å². The van der Waals surface area contributed by atoms with E-state index < -0.39 is 11.7 Å². The van der Waals surface area contributed by atoms with Crippen LogP contribution in [0, 0.1) is 0 Å². The zero-order chi connectivity index (χ0) is 17.3. The summed E-state index contributed by atoms with van der Waals surface area (Å²) in [7, 11) is 0. The standard InChI is InChI=1S/C16H21N5O3/c1-11(24-13-5-4-6-17-7-13)15(22)20-8-12(9-20)21-10-14(18-19-21)16(2,3)23/h4-7,10-12,23H,8-9H2,1-3H3. The Bertz CT molecular complexity index is 704. The van der Waals surface area contributed by atoms with Crippen LogP contribution in [0.15, 0.2) is 30.7 Å². The van der Waals surface area contributed by atoms with Gasteiger partial charge in [0.2, 0.25) is 0 Å². The van der Waals surface area contributed by atoms with Crippen LogP contribution in [0.4, 0.5) is 0 Å². The third kappa shape index (κ3) is 3.38. The van der Waals surface area contributed by atoms with E-state index in [-0.39, 0.29) is 11.9 Å². The number of pyridine rings is 1. The fraction of sp³-hybridized carbons (Fsp3) is 0.500. The average Bonchev–Trinajstić information content (AvgIpc) is 2.96. The van der Waals surface area contributed by atoms with Crippen molar-refractivity contribution in [2.75, 3.05) is 13.1 Å². The third-order valence-corrected chi connectivity index (χ3v) is 3.98. The minimum atomic E-state index is -1.02. The molecule has 1 amide bonds. The van der Waals surface area contributed by atoms with E-state index in [9.17, 15) is 9.90 Å². The van der Waals surface area contributed by atoms with Crippen molar-refractivity contribution in [3.05, 3.63) is 36.4 Å². The predicted octanol–water partition coefficient (Wildman–Crippen LogP) is 0.751. The van der Waals surface area contributed by atoms with Gasteiger partial charge in [-0.1, -0.05) is 5.21 Å². The molecule has 128 valence electrons. The van der Waals surface area contributed by atoms with Gasteiger partial charge in [-0.15, -0.1) is 5.10 Å². The van der Waals surface area contributed by atoms with E-state index in [4.69, 9.17) is 4.74 Å². The number of hydrogen-bond donors (Lipinski definition) is 1. The van der Waals surface area contributed by atoms with E-state index in [0.717, 1.165) is 0 Å². The number of likely N-dealkylation sites (tertiary alicyclic amines) is 1. The molecular weight excluding hydrogens is 310 g/mol. The summed E-state index contributed by atoms with van der Waals surface area (Å²) in [6.07, 6.45) is 4.38. The van der Waals surface area contributed by atoms with E-state index >= 15 is 0 Å². The second-order valence-corrected chi connectivity index (χ2v) is 6.49. The van der Waals surface area contributed by atoms with Gasteiger partial charge in [0, 0.05) is 19.3 Å². The Labute approximate surface area is 140 Å². The van der Waals surface area contributed by atoms with Gasteiger partial charge in [0.05, 0.1) is 18.4 Å². The summed E-state index contributed by atoms with van der Waals surface area (Å²) < 4.78 is 7.30. The topological polar surface area (TPSA) is 93.4 Å². The maximum Gasteiger partial charge on any atom is 0.263 e. The normalized spacial score (nSPS) is 16.6. The molecule has 1 saturated heterocycles. The predicted molar refractivity (Wildman–Crippen MR) is 85.2 cm³/mol. The quantitative estimate of drug-likeness (QED) is 0.869. The summed E-state index contributed by atoms with van der Waals surface area (Å²) in [5.41, 5.74) is -0.510. The fourth-order valence-electron chi connectivity index (χ4n) is 2.47. The second-order valence-electron chi connectivity index (χ2n) is 6.49. The van der Waals surface area contributed by atoms with E-state index in [0.29, 0.717) is 24.5 Å². The van der Waals surface area contributed by atoms with Crippen molar-refractivity contribution in [2.45, 2.75) is 38.5 Å². The number of aromatic nitrogens is 4. The van der Waals surface area contributed by atoms with Crippen LogP contribution in [-0.4, -0.2) is 55.1 Å². The Morgan fingerprint density at radius 3 is 2.79 bits per heavy atom. The van der Waals surface area contributed by atoms with Crippen molar-refractivity contribution in [1.82, 2.24) is 24.9 Å². The molecule has 8 heteroatoms. The molecule has 3 rings (SSSR count). The highest BCUT2D eigenvalue weighted by molar-refractivity contribution is 5.81. The molecule has 8 nitrogen and oxygen atoms in total. The van der Waals surface area contributed by atoms with Crippen LogP contribution >= 0.6 is 0 Å². The molecule has 1 fully saturated rings. The molecule has 3 heterocycles. The minimum Gasteiger partial charge on any atom is -0.479 e. The lowest BCUT2D eigenvalue weighted by Gasteiger charge is -2.40. The van der Waals surface area contributed by atoms with Crippen LogP contribution < -0.4 is 4.74 Å². The first-order chi connectivity index (χ1) is 11.3. The van der Waals surface area contributed by atoms with Crippen molar-refractivity contribution < 1.29 is 14.6 Å². The number of aliphatic hydroxyl groups is 1. The number of ether oxygens (including phenoxy) is 1. The van der Waals surface area contributed by atoms with Gasteiger partial charge in [-0.3, -0.25) is 9.78 Å². The van der Waals surface area contributed by atoms with E-state index in [1.165, 1.54) is 0 Å². The van der Waals surface area contributed by atoms with Crippen molar-refractivity contribution in [3.63, 3.8) is 0 Å². The molecule has 1 N–H and O–H groups in total. The number of hydrogen-bond acceptors (Lipinski definition) is 6. The molecular formula is C16H21N5O3. The smallest absolute Gasteiger partial charge is 0.263 e. The SMILES string of the molecule is CC(Oc1cccnc1)C(=O)N1CC(n2cc(C(C)(C)O)nn2)C1. The Hall–Kier alpha value is -2.48. The van der Waals surface area contributed by atoms with Gasteiger partial charge < -0.3 is 14.7 Å². The lowest BCUT2D eigenvalue weighted by Crippen LogP contribution is -2.54. The molecule has 1 aliphatic heterocycles. The summed E-state index contributed by atoms with van der Waals surface area (Å²) in [6.45, 7) is 6.15. The maximum atomic E-state index is 12.4. The van der Waals surface area contributed by atoms with Crippen molar-refractivity contribution in [3.8, 4) is 5.75 Å². The molecule has 24 heavy (non-hydrogen) atoms. The molecule has 2 aromatic heterocycles. The van der Waals surface area contributed by atoms with E-state index in [1.54, 1.807) is 61.1 Å². The Kier molecular flexibility index (Phi) is 4.23. The van der Waals surface area contributed by atoms with Gasteiger partial charge in [0.15, 0.2) is 6.10 Å². The van der Waals surface area contributed by atoms with Crippen LogP contribution in [0.5, 0.6) is 5.75 Å². The number of rotatable bonds is 5. The van der Waals surface area contributed by atoms with Crippen LogP contribution in [0.25, 0.3) is 0 Å². The Balaban J connectivity index is 1.54. The summed E-state index contributed by atoms with van der Waals surface area (Å²) in [5, 5.41) is 17.9. The molecule has 0 radical (unpaired) electrons. The molecule has 0 saturated carbocycles. The molecule has 0 aromatic carbocycles. The van der Waals surface area contributed by atoms with Gasteiger partial charge in [-0.2, -0.15) is 0 Å². The first-order valence-electron chi connectivity index (χ1n) is 7.85. The van der Waals surface area contributed by atoms with Gasteiger partial charge >= 0.3 is 0 Å². The zero-order valence-electron chi connectivity index (χ0n) is 14.0. The molecule has 2 aromatic rings. The number of carbonyl (C=O) groups excluding carboxylic acids is 1. The van der Waals surface area contributed by atoms with Crippen molar-refractivity contribution in [2.24, 2.45) is 0 Å². The minimum absolute atomic E-state index is 0.0714. The van der Waals surface area contributed by atoms with Crippen LogP contribution in [0.3, 0.4) is 0 Å². The lowest BCUT2D eigenvalue weighted by atomic mass is 10.1. The summed E-state index contributed by atoms with van der Waals surface area (Å²) in [5.74, 6) is 0.499. The van der Waals surface area contributed by atoms with E-state index in [1.807, 2.05) is 0 Å². The third-order valence-electron chi connectivity index (χ3n) is 3.98.